The molecule has 2 heterocycles. The lowest BCUT2D eigenvalue weighted by molar-refractivity contribution is -0.343. The van der Waals surface area contributed by atoms with E-state index in [0.29, 0.717) is 12.2 Å². The zero-order valence-electron chi connectivity index (χ0n) is 40.6. The van der Waals surface area contributed by atoms with Crippen LogP contribution in [0.1, 0.15) is 43.7 Å². The van der Waals surface area contributed by atoms with Crippen molar-refractivity contribution < 1.29 is 57.3 Å². The van der Waals surface area contributed by atoms with E-state index in [1.807, 2.05) is 188 Å². The summed E-state index contributed by atoms with van der Waals surface area (Å²) in [6.07, 6.45) is -10.2. The summed E-state index contributed by atoms with van der Waals surface area (Å²) in [6.45, 7) is 1.06. The molecule has 2 fully saturated rings. The van der Waals surface area contributed by atoms with Gasteiger partial charge in [0.25, 0.3) is 0 Å². The minimum absolute atomic E-state index is 0.0655. The van der Waals surface area contributed by atoms with Crippen LogP contribution in [0, 0.1) is 0 Å². The Morgan fingerprint density at radius 1 is 0.356 bits per heavy atom. The average molecular weight is 987 g/mol. The smallest absolute Gasteiger partial charge is 0.338 e. The molecular formula is C61H62O12. The third kappa shape index (κ3) is 14.9. The number of carbonyl (C=O) groups is 1. The van der Waals surface area contributed by atoms with Gasteiger partial charge < -0.3 is 52.5 Å². The van der Waals surface area contributed by atoms with Gasteiger partial charge in [0.1, 0.15) is 42.7 Å². The van der Waals surface area contributed by atoms with Crippen molar-refractivity contribution in [3.05, 3.63) is 251 Å². The molecule has 2 saturated heterocycles. The van der Waals surface area contributed by atoms with Crippen LogP contribution < -0.4 is 0 Å². The van der Waals surface area contributed by atoms with Crippen LogP contribution in [0.3, 0.4) is 0 Å². The van der Waals surface area contributed by atoms with E-state index in [0.717, 1.165) is 33.4 Å². The standard InChI is InChI=1S/C61H62O12/c62-59(50-34-20-7-21-35-50)73-58-56(68-40-48-30-16-5-17-31-48)53(65-37-45-24-10-2-11-25-45)51(42-64-36-44-22-8-1-9-23-44)72-61(58)70-43-52-54(66-38-46-26-12-3-13-27-46)55(67-39-47-28-14-4-15-29-47)57(60(63)71-52)69-41-49-32-18-6-19-33-49/h1-35,51-58,60-61,63H,36-43H2/t51-,52-,53?,54-,55+,56+,57-,58-,60+,61?/m1/s1. The summed E-state index contributed by atoms with van der Waals surface area (Å²) in [5.41, 5.74) is 5.87. The molecule has 2 aliphatic rings. The molecule has 12 heteroatoms. The Balaban J connectivity index is 1.05. The fraction of sp³-hybridized carbons (Fsp3) is 0.295. The van der Waals surface area contributed by atoms with Crippen molar-refractivity contribution in [1.29, 1.82) is 0 Å². The predicted octanol–water partition coefficient (Wildman–Crippen LogP) is 9.81. The van der Waals surface area contributed by atoms with Crippen LogP contribution in [-0.2, 0) is 87.0 Å². The number of aliphatic hydroxyl groups is 1. The number of rotatable bonds is 24. The van der Waals surface area contributed by atoms with Gasteiger partial charge in [-0.25, -0.2) is 4.79 Å². The minimum atomic E-state index is -1.47. The van der Waals surface area contributed by atoms with Crippen molar-refractivity contribution in [1.82, 2.24) is 0 Å². The molecule has 73 heavy (non-hydrogen) atoms. The van der Waals surface area contributed by atoms with Crippen LogP contribution in [0.2, 0.25) is 0 Å². The van der Waals surface area contributed by atoms with E-state index in [1.54, 1.807) is 24.3 Å². The maximum Gasteiger partial charge on any atom is 0.338 e. The fourth-order valence-corrected chi connectivity index (χ4v) is 8.92. The molecule has 7 aromatic rings. The fourth-order valence-electron chi connectivity index (χ4n) is 8.92. The molecule has 1 N–H and O–H groups in total. The highest BCUT2D eigenvalue weighted by Crippen LogP contribution is 2.34. The van der Waals surface area contributed by atoms with E-state index in [9.17, 15) is 9.90 Å². The van der Waals surface area contributed by atoms with Gasteiger partial charge >= 0.3 is 5.97 Å². The van der Waals surface area contributed by atoms with Gasteiger partial charge in [-0.15, -0.1) is 0 Å². The van der Waals surface area contributed by atoms with Gasteiger partial charge in [0, 0.05) is 0 Å². The number of carbonyl (C=O) groups excluding carboxylic acids is 1. The third-order valence-corrected chi connectivity index (χ3v) is 12.7. The van der Waals surface area contributed by atoms with Crippen molar-refractivity contribution in [3.63, 3.8) is 0 Å². The lowest BCUT2D eigenvalue weighted by atomic mass is 9.97. The quantitative estimate of drug-likeness (QED) is 0.0579. The van der Waals surface area contributed by atoms with Crippen LogP contribution in [0.5, 0.6) is 0 Å². The molecule has 0 spiro atoms. The Morgan fingerprint density at radius 3 is 1.10 bits per heavy atom. The second-order valence-corrected chi connectivity index (χ2v) is 18.0. The van der Waals surface area contributed by atoms with Crippen LogP contribution >= 0.6 is 0 Å². The van der Waals surface area contributed by atoms with Gasteiger partial charge in [0.15, 0.2) is 18.7 Å². The van der Waals surface area contributed by atoms with Crippen LogP contribution in [0.25, 0.3) is 0 Å². The first-order valence-corrected chi connectivity index (χ1v) is 24.8. The molecular weight excluding hydrogens is 925 g/mol. The SMILES string of the molecule is O=C(O[C@H]1C(OC[C@H]2O[C@H](O)[C@H](OCc3ccccc3)[C@@H](OCc3ccccc3)[C@@H]2OCc2ccccc2)O[C@H](COCc2ccccc2)C(OCc2ccccc2)[C@@H]1OCc1ccccc1)c1ccccc1. The van der Waals surface area contributed by atoms with Crippen molar-refractivity contribution in [2.45, 2.75) is 101 Å². The van der Waals surface area contributed by atoms with Crippen LogP contribution in [0.4, 0.5) is 0 Å². The Labute approximate surface area is 427 Å². The predicted molar refractivity (Wildman–Crippen MR) is 272 cm³/mol. The zero-order chi connectivity index (χ0) is 49.9. The maximum absolute atomic E-state index is 14.3. The highest BCUT2D eigenvalue weighted by atomic mass is 16.7. The van der Waals surface area contributed by atoms with Gasteiger partial charge in [0.2, 0.25) is 0 Å². The summed E-state index contributed by atoms with van der Waals surface area (Å²) in [7, 11) is 0. The number of aliphatic hydroxyl groups excluding tert-OH is 1. The molecule has 0 amide bonds. The summed E-state index contributed by atoms with van der Waals surface area (Å²) < 4.78 is 66.9. The number of hydrogen-bond acceptors (Lipinski definition) is 12. The molecule has 0 aliphatic carbocycles. The Morgan fingerprint density at radius 2 is 0.685 bits per heavy atom. The summed E-state index contributed by atoms with van der Waals surface area (Å²) in [4.78, 5) is 14.3. The van der Waals surface area contributed by atoms with Gasteiger partial charge in [-0.3, -0.25) is 0 Å². The third-order valence-electron chi connectivity index (χ3n) is 12.7. The van der Waals surface area contributed by atoms with E-state index in [1.165, 1.54) is 0 Å². The first-order chi connectivity index (χ1) is 36.0. The van der Waals surface area contributed by atoms with Crippen molar-refractivity contribution >= 4 is 5.97 Å². The molecule has 9 rings (SSSR count). The highest BCUT2D eigenvalue weighted by Gasteiger charge is 2.53. The summed E-state index contributed by atoms with van der Waals surface area (Å²) in [6, 6.07) is 67.4. The van der Waals surface area contributed by atoms with Gasteiger partial charge in [0.05, 0.1) is 58.4 Å². The second kappa shape index (κ2) is 27.1. The number of benzene rings is 7. The first-order valence-electron chi connectivity index (χ1n) is 24.8. The molecule has 2 aliphatic heterocycles. The summed E-state index contributed by atoms with van der Waals surface area (Å²) in [5, 5.41) is 12.0. The molecule has 10 atom stereocenters. The molecule has 7 aromatic carbocycles. The molecule has 2 unspecified atom stereocenters. The number of hydrogen-bond donors (Lipinski definition) is 1. The monoisotopic (exact) mass is 986 g/mol. The van der Waals surface area contributed by atoms with Crippen LogP contribution in [-0.4, -0.2) is 85.7 Å². The maximum atomic E-state index is 14.3. The Kier molecular flexibility index (Phi) is 19.1. The normalized spacial score (nSPS) is 23.9. The van der Waals surface area contributed by atoms with Gasteiger partial charge in [-0.2, -0.15) is 0 Å². The lowest BCUT2D eigenvalue weighted by Crippen LogP contribution is -2.64. The van der Waals surface area contributed by atoms with Crippen molar-refractivity contribution in [2.24, 2.45) is 0 Å². The van der Waals surface area contributed by atoms with E-state index in [2.05, 4.69) is 0 Å². The number of esters is 1. The summed E-state index contributed by atoms with van der Waals surface area (Å²) >= 11 is 0. The van der Waals surface area contributed by atoms with Crippen LogP contribution in [0.15, 0.2) is 212 Å². The first kappa shape index (κ1) is 51.5. The average Bonchev–Trinajstić information content (AvgIpc) is 3.44. The van der Waals surface area contributed by atoms with Gasteiger partial charge in [-0.05, 0) is 45.5 Å². The minimum Gasteiger partial charge on any atom is -0.450 e. The van der Waals surface area contributed by atoms with E-state index < -0.39 is 67.4 Å². The Hall–Kier alpha value is -6.39. The molecule has 12 nitrogen and oxygen atoms in total. The molecule has 378 valence electrons. The van der Waals surface area contributed by atoms with E-state index >= 15 is 0 Å². The largest absolute Gasteiger partial charge is 0.450 e. The summed E-state index contributed by atoms with van der Waals surface area (Å²) in [5.74, 6) is -0.613. The molecule has 0 aromatic heterocycles. The lowest BCUT2D eigenvalue weighted by Gasteiger charge is -2.47. The Bertz CT molecular complexity index is 2630. The highest BCUT2D eigenvalue weighted by molar-refractivity contribution is 5.89. The molecule has 0 saturated carbocycles. The van der Waals surface area contributed by atoms with Gasteiger partial charge in [-0.1, -0.05) is 200 Å². The molecule has 0 radical (unpaired) electrons. The van der Waals surface area contributed by atoms with E-state index in [4.69, 9.17) is 47.4 Å². The van der Waals surface area contributed by atoms with E-state index in [-0.39, 0.29) is 46.2 Å². The molecule has 0 bridgehead atoms. The van der Waals surface area contributed by atoms with Crippen molar-refractivity contribution in [2.75, 3.05) is 13.2 Å². The topological polar surface area (TPSA) is 130 Å². The second-order valence-electron chi connectivity index (χ2n) is 18.0. The number of ether oxygens (including phenoxy) is 10. The van der Waals surface area contributed by atoms with Crippen molar-refractivity contribution in [3.8, 4) is 0 Å². The zero-order valence-corrected chi connectivity index (χ0v) is 40.6.